The maximum atomic E-state index is 12.9. The lowest BCUT2D eigenvalue weighted by molar-refractivity contribution is 0.0694. The van der Waals surface area contributed by atoms with Crippen LogP contribution in [0.3, 0.4) is 0 Å². The lowest BCUT2D eigenvalue weighted by Gasteiger charge is -2.28. The third kappa shape index (κ3) is 4.59. The molecule has 1 aromatic rings. The van der Waals surface area contributed by atoms with Gasteiger partial charge in [-0.1, -0.05) is 46.2 Å². The molecule has 0 spiro atoms. The van der Waals surface area contributed by atoms with E-state index in [4.69, 9.17) is 0 Å². The molecule has 4 nitrogen and oxygen atoms in total. The van der Waals surface area contributed by atoms with Crippen LogP contribution in [0.5, 0.6) is 0 Å². The van der Waals surface area contributed by atoms with Crippen LogP contribution in [0.4, 0.5) is 0 Å². The highest BCUT2D eigenvalue weighted by molar-refractivity contribution is 7.91. The van der Waals surface area contributed by atoms with Gasteiger partial charge in [-0.15, -0.1) is 0 Å². The van der Waals surface area contributed by atoms with Crippen LogP contribution in [-0.2, 0) is 15.3 Å². The van der Waals surface area contributed by atoms with Crippen molar-refractivity contribution in [2.75, 3.05) is 18.1 Å². The molecule has 1 aliphatic heterocycles. The summed E-state index contributed by atoms with van der Waals surface area (Å²) in [6.45, 7) is 9.12. The molecule has 5 heteroatoms. The highest BCUT2D eigenvalue weighted by Crippen LogP contribution is 2.24. The minimum Gasteiger partial charge on any atom is -0.335 e. The first-order valence-corrected chi connectivity index (χ1v) is 10.6. The van der Waals surface area contributed by atoms with Gasteiger partial charge in [-0.05, 0) is 36.0 Å². The Morgan fingerprint density at radius 1 is 1.21 bits per heavy atom. The number of rotatable bonds is 5. The topological polar surface area (TPSA) is 54.5 Å². The molecule has 0 aromatic heterocycles. The summed E-state index contributed by atoms with van der Waals surface area (Å²) in [5, 5.41) is 0. The summed E-state index contributed by atoms with van der Waals surface area (Å²) >= 11 is 0. The summed E-state index contributed by atoms with van der Waals surface area (Å²) in [5.41, 5.74) is 1.87. The van der Waals surface area contributed by atoms with Crippen molar-refractivity contribution in [2.24, 2.45) is 0 Å². The van der Waals surface area contributed by atoms with E-state index in [-0.39, 0.29) is 28.9 Å². The summed E-state index contributed by atoms with van der Waals surface area (Å²) in [4.78, 5) is 14.7. The van der Waals surface area contributed by atoms with Crippen molar-refractivity contribution in [2.45, 2.75) is 58.4 Å². The second-order valence-corrected chi connectivity index (χ2v) is 9.97. The number of carbonyl (C=O) groups excluding carboxylic acids is 1. The van der Waals surface area contributed by atoms with E-state index in [0.29, 0.717) is 18.5 Å². The first kappa shape index (κ1) is 19.0. The molecule has 134 valence electrons. The molecule has 0 unspecified atom stereocenters. The van der Waals surface area contributed by atoms with Crippen molar-refractivity contribution in [3.63, 3.8) is 0 Å². The minimum absolute atomic E-state index is 0.0446. The van der Waals surface area contributed by atoms with Gasteiger partial charge in [0.05, 0.1) is 11.5 Å². The zero-order valence-corrected chi connectivity index (χ0v) is 16.0. The van der Waals surface area contributed by atoms with Gasteiger partial charge in [-0.3, -0.25) is 4.79 Å². The number of carbonyl (C=O) groups is 1. The van der Waals surface area contributed by atoms with Gasteiger partial charge in [0.15, 0.2) is 9.84 Å². The summed E-state index contributed by atoms with van der Waals surface area (Å²) in [7, 11) is -3.00. The third-order valence-electron chi connectivity index (χ3n) is 4.66. The number of nitrogens with zero attached hydrogens (tertiary/aromatic N) is 1. The SMILES string of the molecule is CCCCN(C(=O)c1ccc(C(C)(C)C)cc1)[C@@H]1CCS(=O)(=O)C1. The first-order valence-electron chi connectivity index (χ1n) is 8.76. The van der Waals surface area contributed by atoms with E-state index in [9.17, 15) is 13.2 Å². The maximum Gasteiger partial charge on any atom is 0.254 e. The minimum atomic E-state index is -3.00. The van der Waals surface area contributed by atoms with Gasteiger partial charge in [0.2, 0.25) is 0 Å². The van der Waals surface area contributed by atoms with Crippen molar-refractivity contribution >= 4 is 15.7 Å². The molecule has 24 heavy (non-hydrogen) atoms. The van der Waals surface area contributed by atoms with Gasteiger partial charge in [0.25, 0.3) is 5.91 Å². The standard InChI is InChI=1S/C19H29NO3S/c1-5-6-12-20(17-11-13-24(22,23)14-17)18(21)15-7-9-16(10-8-15)19(2,3)4/h7-10,17H,5-6,11-14H2,1-4H3/t17-/m1/s1. The monoisotopic (exact) mass is 351 g/mol. The number of sulfone groups is 1. The van der Waals surface area contributed by atoms with Crippen LogP contribution in [0, 0.1) is 0 Å². The zero-order chi connectivity index (χ0) is 18.0. The fourth-order valence-corrected chi connectivity index (χ4v) is 4.81. The van der Waals surface area contributed by atoms with Crippen LogP contribution in [0.1, 0.15) is 62.9 Å². The first-order chi connectivity index (χ1) is 11.1. The Morgan fingerprint density at radius 2 is 1.83 bits per heavy atom. The lowest BCUT2D eigenvalue weighted by Crippen LogP contribution is -2.41. The van der Waals surface area contributed by atoms with E-state index in [2.05, 4.69) is 27.7 Å². The van der Waals surface area contributed by atoms with Crippen molar-refractivity contribution in [1.82, 2.24) is 4.90 Å². The van der Waals surface area contributed by atoms with Gasteiger partial charge in [0.1, 0.15) is 0 Å². The molecular formula is C19H29NO3S. The normalized spacial score (nSPS) is 20.1. The Bertz CT molecular complexity index is 672. The van der Waals surface area contributed by atoms with Crippen molar-refractivity contribution in [1.29, 1.82) is 0 Å². The predicted octanol–water partition coefficient (Wildman–Crippen LogP) is 3.41. The molecule has 1 fully saturated rings. The fourth-order valence-electron chi connectivity index (χ4n) is 3.08. The molecule has 0 radical (unpaired) electrons. The third-order valence-corrected chi connectivity index (χ3v) is 6.41. The van der Waals surface area contributed by atoms with E-state index in [1.165, 1.54) is 5.56 Å². The molecule has 1 amide bonds. The van der Waals surface area contributed by atoms with Crippen LogP contribution in [0.2, 0.25) is 0 Å². The lowest BCUT2D eigenvalue weighted by atomic mass is 9.86. The second-order valence-electron chi connectivity index (χ2n) is 7.74. The Morgan fingerprint density at radius 3 is 2.29 bits per heavy atom. The van der Waals surface area contributed by atoms with Crippen molar-refractivity contribution in [3.8, 4) is 0 Å². The highest BCUT2D eigenvalue weighted by atomic mass is 32.2. The molecule has 0 bridgehead atoms. The molecule has 1 aromatic carbocycles. The maximum absolute atomic E-state index is 12.9. The summed E-state index contributed by atoms with van der Waals surface area (Å²) in [6, 6.07) is 7.54. The number of hydrogen-bond acceptors (Lipinski definition) is 3. The zero-order valence-electron chi connectivity index (χ0n) is 15.2. The van der Waals surface area contributed by atoms with Gasteiger partial charge in [-0.2, -0.15) is 0 Å². The Hall–Kier alpha value is -1.36. The van der Waals surface area contributed by atoms with E-state index in [1.54, 1.807) is 4.90 Å². The Balaban J connectivity index is 2.21. The van der Waals surface area contributed by atoms with E-state index >= 15 is 0 Å². The summed E-state index contributed by atoms with van der Waals surface area (Å²) in [5.74, 6) is 0.241. The molecule has 1 atom stereocenters. The number of amides is 1. The van der Waals surface area contributed by atoms with Crippen molar-refractivity contribution < 1.29 is 13.2 Å². The smallest absolute Gasteiger partial charge is 0.254 e. The van der Waals surface area contributed by atoms with Gasteiger partial charge >= 0.3 is 0 Å². The molecular weight excluding hydrogens is 322 g/mol. The van der Waals surface area contributed by atoms with E-state index in [0.717, 1.165) is 12.8 Å². The average molecular weight is 352 g/mol. The fraction of sp³-hybridized carbons (Fsp3) is 0.632. The van der Waals surface area contributed by atoms with Crippen LogP contribution in [0.25, 0.3) is 0 Å². The quantitative estimate of drug-likeness (QED) is 0.817. The Kier molecular flexibility index (Phi) is 5.74. The molecule has 1 aliphatic rings. The van der Waals surface area contributed by atoms with Gasteiger partial charge < -0.3 is 4.90 Å². The number of hydrogen-bond donors (Lipinski definition) is 0. The molecule has 0 N–H and O–H groups in total. The number of unbranched alkanes of at least 4 members (excludes halogenated alkanes) is 1. The summed E-state index contributed by atoms with van der Waals surface area (Å²) < 4.78 is 23.6. The Labute approximate surface area is 146 Å². The van der Waals surface area contributed by atoms with Crippen LogP contribution >= 0.6 is 0 Å². The van der Waals surface area contributed by atoms with Crippen LogP contribution in [0.15, 0.2) is 24.3 Å². The predicted molar refractivity (Wildman–Crippen MR) is 98.1 cm³/mol. The van der Waals surface area contributed by atoms with Crippen LogP contribution < -0.4 is 0 Å². The van der Waals surface area contributed by atoms with Crippen molar-refractivity contribution in [3.05, 3.63) is 35.4 Å². The number of benzene rings is 1. The van der Waals surface area contributed by atoms with Crippen LogP contribution in [-0.4, -0.2) is 43.3 Å². The van der Waals surface area contributed by atoms with E-state index in [1.807, 2.05) is 24.3 Å². The highest BCUT2D eigenvalue weighted by Gasteiger charge is 2.34. The second kappa shape index (κ2) is 7.26. The molecule has 1 saturated heterocycles. The van der Waals surface area contributed by atoms with Gasteiger partial charge in [0, 0.05) is 18.2 Å². The van der Waals surface area contributed by atoms with E-state index < -0.39 is 9.84 Å². The van der Waals surface area contributed by atoms with Gasteiger partial charge in [-0.25, -0.2) is 8.42 Å². The average Bonchev–Trinajstić information content (AvgIpc) is 2.86. The summed E-state index contributed by atoms with van der Waals surface area (Å²) in [6.07, 6.45) is 2.42. The largest absolute Gasteiger partial charge is 0.335 e. The molecule has 0 aliphatic carbocycles. The molecule has 0 saturated carbocycles. The molecule has 1 heterocycles. The molecule has 2 rings (SSSR count).